The first kappa shape index (κ1) is 16.7. The van der Waals surface area contributed by atoms with E-state index in [2.05, 4.69) is 10.1 Å². The number of aromatic nitrogens is 2. The minimum absolute atomic E-state index is 0.269. The second kappa shape index (κ2) is 7.41. The molecule has 1 aromatic heterocycles. The fourth-order valence-corrected chi connectivity index (χ4v) is 1.89. The van der Waals surface area contributed by atoms with Crippen LogP contribution in [-0.2, 0) is 27.4 Å². The highest BCUT2D eigenvalue weighted by Gasteiger charge is 2.22. The average Bonchev–Trinajstić information content (AvgIpc) is 2.44. The molecule has 0 aromatic carbocycles. The summed E-state index contributed by atoms with van der Waals surface area (Å²) in [5.41, 5.74) is -1.06. The number of amides is 1. The Hall–Kier alpha value is -2.38. The molecular formula is C13H19N3O5. The summed E-state index contributed by atoms with van der Waals surface area (Å²) >= 11 is 0. The number of ether oxygens (including phenoxy) is 1. The number of hydrogen-bond donors (Lipinski definition) is 1. The van der Waals surface area contributed by atoms with Gasteiger partial charge in [0.25, 0.3) is 5.56 Å². The molecule has 21 heavy (non-hydrogen) atoms. The lowest BCUT2D eigenvalue weighted by molar-refractivity contribution is -0.145. The number of methoxy groups -OCH3 is 1. The van der Waals surface area contributed by atoms with E-state index >= 15 is 0 Å². The fourth-order valence-electron chi connectivity index (χ4n) is 1.89. The monoisotopic (exact) mass is 297 g/mol. The van der Waals surface area contributed by atoms with Crippen LogP contribution < -0.4 is 16.6 Å². The third kappa shape index (κ3) is 4.30. The van der Waals surface area contributed by atoms with Crippen molar-refractivity contribution < 1.29 is 14.3 Å². The van der Waals surface area contributed by atoms with Crippen LogP contribution in [0.2, 0.25) is 0 Å². The lowest BCUT2D eigenvalue weighted by Crippen LogP contribution is -2.49. The summed E-state index contributed by atoms with van der Waals surface area (Å²) in [5.74, 6) is -1.18. The van der Waals surface area contributed by atoms with Crippen LogP contribution in [0, 0.1) is 0 Å². The van der Waals surface area contributed by atoms with Gasteiger partial charge in [-0.25, -0.2) is 9.59 Å². The van der Waals surface area contributed by atoms with E-state index in [0.29, 0.717) is 6.54 Å². The van der Waals surface area contributed by atoms with Crippen LogP contribution >= 0.6 is 0 Å². The first-order chi connectivity index (χ1) is 9.90. The maximum Gasteiger partial charge on any atom is 0.331 e. The standard InChI is InChI=1S/C13H19N3O5/c1-4-6-15-7-5-11(18)16(13(15)20)8-10(12(19)21-3)14-9(2)17/h5,7,10H,4,6,8H2,1-3H3,(H,14,17). The van der Waals surface area contributed by atoms with Gasteiger partial charge in [0.1, 0.15) is 6.04 Å². The molecule has 1 unspecified atom stereocenters. The third-order valence-corrected chi connectivity index (χ3v) is 2.83. The van der Waals surface area contributed by atoms with Crippen molar-refractivity contribution in [3.63, 3.8) is 0 Å². The number of rotatable bonds is 6. The molecule has 1 rings (SSSR count). The van der Waals surface area contributed by atoms with Gasteiger partial charge in [-0.15, -0.1) is 0 Å². The number of esters is 1. The minimum atomic E-state index is -1.09. The van der Waals surface area contributed by atoms with Crippen molar-refractivity contribution in [3.05, 3.63) is 33.1 Å². The fraction of sp³-hybridized carbons (Fsp3) is 0.538. The molecule has 0 bridgehead atoms. The quantitative estimate of drug-likeness (QED) is 0.686. The van der Waals surface area contributed by atoms with Gasteiger partial charge >= 0.3 is 11.7 Å². The topological polar surface area (TPSA) is 99.4 Å². The first-order valence-corrected chi connectivity index (χ1v) is 6.56. The van der Waals surface area contributed by atoms with Crippen molar-refractivity contribution in [2.24, 2.45) is 0 Å². The van der Waals surface area contributed by atoms with Gasteiger partial charge in [-0.05, 0) is 6.42 Å². The van der Waals surface area contributed by atoms with E-state index in [1.54, 1.807) is 0 Å². The van der Waals surface area contributed by atoms with E-state index < -0.39 is 29.2 Å². The van der Waals surface area contributed by atoms with Crippen molar-refractivity contribution >= 4 is 11.9 Å². The number of carbonyl (C=O) groups excluding carboxylic acids is 2. The van der Waals surface area contributed by atoms with Crippen LogP contribution in [0.25, 0.3) is 0 Å². The van der Waals surface area contributed by atoms with Crippen molar-refractivity contribution in [2.45, 2.75) is 39.4 Å². The van der Waals surface area contributed by atoms with Gasteiger partial charge in [0.05, 0.1) is 13.7 Å². The molecule has 8 heteroatoms. The van der Waals surface area contributed by atoms with E-state index in [-0.39, 0.29) is 6.54 Å². The van der Waals surface area contributed by atoms with Crippen LogP contribution in [0.4, 0.5) is 0 Å². The molecule has 0 fully saturated rings. The highest BCUT2D eigenvalue weighted by molar-refractivity contribution is 5.83. The molecule has 0 saturated carbocycles. The second-order valence-electron chi connectivity index (χ2n) is 4.52. The normalized spacial score (nSPS) is 11.8. The summed E-state index contributed by atoms with van der Waals surface area (Å²) < 4.78 is 6.85. The third-order valence-electron chi connectivity index (χ3n) is 2.83. The van der Waals surface area contributed by atoms with Crippen LogP contribution in [-0.4, -0.2) is 34.2 Å². The molecule has 1 amide bonds. The molecule has 0 saturated heterocycles. The van der Waals surface area contributed by atoms with E-state index in [4.69, 9.17) is 0 Å². The van der Waals surface area contributed by atoms with E-state index in [0.717, 1.165) is 11.0 Å². The van der Waals surface area contributed by atoms with E-state index in [9.17, 15) is 19.2 Å². The number of nitrogens with one attached hydrogen (secondary N) is 1. The van der Waals surface area contributed by atoms with Crippen LogP contribution in [0.15, 0.2) is 21.9 Å². The van der Waals surface area contributed by atoms with Gasteiger partial charge in [0.15, 0.2) is 0 Å². The molecule has 116 valence electrons. The molecule has 0 aliphatic carbocycles. The molecule has 1 atom stereocenters. The van der Waals surface area contributed by atoms with E-state index in [1.807, 2.05) is 6.92 Å². The molecule has 1 aromatic rings. The maximum atomic E-state index is 12.2. The molecule has 0 aliphatic rings. The zero-order valence-electron chi connectivity index (χ0n) is 12.3. The lowest BCUT2D eigenvalue weighted by atomic mass is 10.3. The zero-order chi connectivity index (χ0) is 16.0. The highest BCUT2D eigenvalue weighted by Crippen LogP contribution is 1.92. The summed E-state index contributed by atoms with van der Waals surface area (Å²) in [6.45, 7) is 3.33. The zero-order valence-corrected chi connectivity index (χ0v) is 12.3. The number of nitrogens with zero attached hydrogens (tertiary/aromatic N) is 2. The number of aryl methyl sites for hydroxylation is 1. The minimum Gasteiger partial charge on any atom is -0.467 e. The summed E-state index contributed by atoms with van der Waals surface area (Å²) in [6, 6.07) is 0.162. The van der Waals surface area contributed by atoms with Crippen molar-refractivity contribution in [1.29, 1.82) is 0 Å². The van der Waals surface area contributed by atoms with Gasteiger partial charge in [-0.3, -0.25) is 14.2 Å². The molecule has 0 radical (unpaired) electrons. The molecule has 1 N–H and O–H groups in total. The Labute approximate surface area is 121 Å². The van der Waals surface area contributed by atoms with Gasteiger partial charge < -0.3 is 14.6 Å². The Bertz CT molecular complexity index is 631. The van der Waals surface area contributed by atoms with E-state index in [1.165, 1.54) is 30.9 Å². The smallest absolute Gasteiger partial charge is 0.331 e. The Balaban J connectivity index is 3.16. The van der Waals surface area contributed by atoms with Crippen LogP contribution in [0.3, 0.4) is 0 Å². The molecule has 1 heterocycles. The predicted octanol–water partition coefficient (Wildman–Crippen LogP) is -0.902. The summed E-state index contributed by atoms with van der Waals surface area (Å²) in [7, 11) is 1.17. The summed E-state index contributed by atoms with van der Waals surface area (Å²) in [6.07, 6.45) is 2.14. The number of hydrogen-bond acceptors (Lipinski definition) is 5. The summed E-state index contributed by atoms with van der Waals surface area (Å²) in [4.78, 5) is 46.7. The first-order valence-electron chi connectivity index (χ1n) is 6.56. The largest absolute Gasteiger partial charge is 0.467 e. The Kier molecular flexibility index (Phi) is 5.89. The molecule has 0 spiro atoms. The summed E-state index contributed by atoms with van der Waals surface area (Å²) in [5, 5.41) is 2.36. The Morgan fingerprint density at radius 3 is 2.57 bits per heavy atom. The Morgan fingerprint density at radius 1 is 1.38 bits per heavy atom. The maximum absolute atomic E-state index is 12.2. The van der Waals surface area contributed by atoms with Crippen molar-refractivity contribution in [2.75, 3.05) is 7.11 Å². The molecule has 0 aliphatic heterocycles. The molecular weight excluding hydrogens is 278 g/mol. The van der Waals surface area contributed by atoms with Gasteiger partial charge in [0.2, 0.25) is 5.91 Å². The lowest BCUT2D eigenvalue weighted by Gasteiger charge is -2.17. The number of carbonyl (C=O) groups is 2. The van der Waals surface area contributed by atoms with Gasteiger partial charge in [-0.2, -0.15) is 0 Å². The second-order valence-corrected chi connectivity index (χ2v) is 4.52. The van der Waals surface area contributed by atoms with Crippen LogP contribution in [0.5, 0.6) is 0 Å². The van der Waals surface area contributed by atoms with Crippen molar-refractivity contribution in [1.82, 2.24) is 14.5 Å². The van der Waals surface area contributed by atoms with Crippen molar-refractivity contribution in [3.8, 4) is 0 Å². The predicted molar refractivity (Wildman–Crippen MR) is 74.9 cm³/mol. The highest BCUT2D eigenvalue weighted by atomic mass is 16.5. The SMILES string of the molecule is CCCn1ccc(=O)n(CC(NC(C)=O)C(=O)OC)c1=O. The molecule has 8 nitrogen and oxygen atoms in total. The van der Waals surface area contributed by atoms with Crippen LogP contribution in [0.1, 0.15) is 20.3 Å². The van der Waals surface area contributed by atoms with Gasteiger partial charge in [0, 0.05) is 25.7 Å². The Morgan fingerprint density at radius 2 is 2.05 bits per heavy atom. The van der Waals surface area contributed by atoms with Gasteiger partial charge in [-0.1, -0.05) is 6.92 Å². The average molecular weight is 297 g/mol.